The van der Waals surface area contributed by atoms with Crippen LogP contribution in [0.2, 0.25) is 0 Å². The number of nitrogens with one attached hydrogen (secondary N) is 1. The molecule has 1 aliphatic heterocycles. The van der Waals surface area contributed by atoms with E-state index in [1.54, 1.807) is 18.2 Å². The fraction of sp³-hybridized carbons (Fsp3) is 0.474. The zero-order valence-electron chi connectivity index (χ0n) is 15.7. The van der Waals surface area contributed by atoms with Crippen LogP contribution in [0.4, 0.5) is 10.7 Å². The van der Waals surface area contributed by atoms with Crippen molar-refractivity contribution in [3.63, 3.8) is 0 Å². The molecule has 2 unspecified atom stereocenters. The van der Waals surface area contributed by atoms with Gasteiger partial charge in [0.15, 0.2) is 0 Å². The maximum atomic E-state index is 12.2. The van der Waals surface area contributed by atoms with Crippen molar-refractivity contribution in [3.05, 3.63) is 42.0 Å². The first-order valence-corrected chi connectivity index (χ1v) is 9.03. The summed E-state index contributed by atoms with van der Waals surface area (Å²) in [5.41, 5.74) is 0.582. The first-order valence-electron chi connectivity index (χ1n) is 9.03. The summed E-state index contributed by atoms with van der Waals surface area (Å²) in [5.74, 6) is 0.303. The molecule has 1 radical (unpaired) electrons. The fourth-order valence-corrected chi connectivity index (χ4v) is 2.93. The number of rotatable bonds is 10. The van der Waals surface area contributed by atoms with E-state index in [0.717, 1.165) is 19.3 Å². The number of urea groups is 1. The molecule has 0 spiro atoms. The molecule has 2 aromatic heterocycles. The third kappa shape index (κ3) is 5.53. The Bertz CT molecular complexity index is 760. The molecule has 0 saturated carbocycles. The van der Waals surface area contributed by atoms with E-state index in [9.17, 15) is 14.7 Å². The van der Waals surface area contributed by atoms with E-state index >= 15 is 0 Å². The van der Waals surface area contributed by atoms with Crippen LogP contribution in [-0.2, 0) is 48.8 Å². The Hall–Kier alpha value is -1.48. The maximum Gasteiger partial charge on any atom is 0.331 e. The second-order valence-electron chi connectivity index (χ2n) is 6.44. The van der Waals surface area contributed by atoms with Crippen molar-refractivity contribution >= 4 is 17.8 Å². The van der Waals surface area contributed by atoms with Crippen molar-refractivity contribution < 1.29 is 61.0 Å². The van der Waals surface area contributed by atoms with Crippen molar-refractivity contribution in [3.8, 4) is 0 Å². The van der Waals surface area contributed by atoms with Crippen molar-refractivity contribution in [1.82, 2.24) is 5.32 Å². The van der Waals surface area contributed by atoms with Crippen molar-refractivity contribution in [2.45, 2.75) is 51.4 Å². The van der Waals surface area contributed by atoms with Gasteiger partial charge in [-0.25, -0.2) is 9.69 Å². The molecule has 0 aliphatic carbocycles. The van der Waals surface area contributed by atoms with Gasteiger partial charge in [-0.15, -0.1) is 6.07 Å². The SMILES string of the molecule is CCCCCC(O)c1coc(N2C(=O)NC(=O)C2COCc2cc[c-]o2)c1.[Y]. The van der Waals surface area contributed by atoms with Crippen LogP contribution < -0.4 is 10.2 Å². The zero-order valence-corrected chi connectivity index (χ0v) is 18.6. The van der Waals surface area contributed by atoms with E-state index in [-0.39, 0.29) is 51.8 Å². The van der Waals surface area contributed by atoms with Crippen LogP contribution in [0.3, 0.4) is 0 Å². The number of ether oxygens (including phenoxy) is 1. The molecule has 2 atom stereocenters. The normalized spacial score (nSPS) is 17.5. The van der Waals surface area contributed by atoms with Gasteiger partial charge in [-0.05, 0) is 18.4 Å². The van der Waals surface area contributed by atoms with Crippen LogP contribution in [0.15, 0.2) is 33.3 Å². The summed E-state index contributed by atoms with van der Waals surface area (Å²) in [6, 6.07) is 3.47. The number of aliphatic hydroxyl groups excluding tert-OH is 1. The van der Waals surface area contributed by atoms with Gasteiger partial charge < -0.3 is 18.7 Å². The van der Waals surface area contributed by atoms with Crippen molar-refractivity contribution in [2.75, 3.05) is 11.5 Å². The molecule has 3 rings (SSSR count). The fourth-order valence-electron chi connectivity index (χ4n) is 2.93. The molecule has 8 nitrogen and oxygen atoms in total. The smallest absolute Gasteiger partial charge is 0.331 e. The Morgan fingerprint density at radius 2 is 2.21 bits per heavy atom. The second kappa shape index (κ2) is 10.9. The van der Waals surface area contributed by atoms with Gasteiger partial charge in [0, 0.05) is 50.9 Å². The largest absolute Gasteiger partial charge is 0.593 e. The molecule has 28 heavy (non-hydrogen) atoms. The molecule has 3 heterocycles. The molecule has 1 fully saturated rings. The molecule has 2 aromatic rings. The predicted molar refractivity (Wildman–Crippen MR) is 94.8 cm³/mol. The minimum atomic E-state index is -0.854. The molecular weight excluding hydrogens is 441 g/mol. The van der Waals surface area contributed by atoms with Gasteiger partial charge in [0.05, 0.1) is 19.0 Å². The van der Waals surface area contributed by atoms with Gasteiger partial charge in [0.2, 0.25) is 5.88 Å². The molecule has 0 bridgehead atoms. The minimum Gasteiger partial charge on any atom is -0.593 e. The Kier molecular flexibility index (Phi) is 8.88. The molecule has 1 saturated heterocycles. The van der Waals surface area contributed by atoms with Crippen molar-refractivity contribution in [2.24, 2.45) is 0 Å². The third-order valence-electron chi connectivity index (χ3n) is 4.42. The number of anilines is 1. The number of carbonyl (C=O) groups is 2. The molecule has 0 aromatic carbocycles. The topological polar surface area (TPSA) is 105 Å². The van der Waals surface area contributed by atoms with E-state index < -0.39 is 24.1 Å². The molecule has 2 N–H and O–H groups in total. The Morgan fingerprint density at radius 3 is 2.93 bits per heavy atom. The first kappa shape index (κ1) is 22.8. The number of amides is 3. The molecular formula is C19H23N2O6Y-. The van der Waals surface area contributed by atoms with Crippen molar-refractivity contribution in [1.29, 1.82) is 0 Å². The summed E-state index contributed by atoms with van der Waals surface area (Å²) in [4.78, 5) is 25.5. The summed E-state index contributed by atoms with van der Waals surface area (Å²) in [6.07, 6.45) is 6.93. The minimum absolute atomic E-state index is 0. The Morgan fingerprint density at radius 1 is 1.39 bits per heavy atom. The number of imide groups is 1. The third-order valence-corrected chi connectivity index (χ3v) is 4.42. The van der Waals surface area contributed by atoms with Gasteiger partial charge >= 0.3 is 6.03 Å². The van der Waals surface area contributed by atoms with Gasteiger partial charge in [0.25, 0.3) is 5.91 Å². The number of unbranched alkanes of at least 4 members (excludes halogenated alkanes) is 2. The van der Waals surface area contributed by atoms with E-state index in [0.29, 0.717) is 17.7 Å². The van der Waals surface area contributed by atoms with Gasteiger partial charge in [-0.1, -0.05) is 26.2 Å². The number of hydrogen-bond acceptors (Lipinski definition) is 6. The van der Waals surface area contributed by atoms with E-state index in [1.165, 1.54) is 11.2 Å². The summed E-state index contributed by atoms with van der Waals surface area (Å²) in [6.45, 7) is 2.24. The van der Waals surface area contributed by atoms with Crippen LogP contribution in [-0.4, -0.2) is 29.7 Å². The summed E-state index contributed by atoms with van der Waals surface area (Å²) in [5, 5.41) is 12.5. The van der Waals surface area contributed by atoms with E-state index in [1.807, 2.05) is 0 Å². The van der Waals surface area contributed by atoms with Crippen LogP contribution in [0.25, 0.3) is 0 Å². The van der Waals surface area contributed by atoms with Gasteiger partial charge in [-0.3, -0.25) is 10.1 Å². The Balaban J connectivity index is 0.00000280. The number of furan rings is 2. The number of hydrogen-bond donors (Lipinski definition) is 2. The average Bonchev–Trinajstić information content (AvgIpc) is 3.37. The summed E-state index contributed by atoms with van der Waals surface area (Å²) < 4.78 is 16.0. The van der Waals surface area contributed by atoms with Crippen LogP contribution in [0.1, 0.15) is 50.0 Å². The number of aliphatic hydroxyl groups is 1. The molecule has 1 aliphatic rings. The van der Waals surface area contributed by atoms with E-state index in [4.69, 9.17) is 13.6 Å². The average molecular weight is 464 g/mol. The zero-order chi connectivity index (χ0) is 19.2. The summed E-state index contributed by atoms with van der Waals surface area (Å²) >= 11 is 0. The number of carbonyl (C=O) groups excluding carboxylic acids is 2. The van der Waals surface area contributed by atoms with E-state index in [2.05, 4.69) is 18.5 Å². The predicted octanol–water partition coefficient (Wildman–Crippen LogP) is 2.93. The Labute approximate surface area is 188 Å². The molecule has 9 heteroatoms. The first-order chi connectivity index (χ1) is 13.1. The second-order valence-corrected chi connectivity index (χ2v) is 6.44. The number of nitrogens with zero attached hydrogens (tertiary/aromatic N) is 1. The van der Waals surface area contributed by atoms with Gasteiger partial charge in [0.1, 0.15) is 6.04 Å². The standard InChI is InChI=1S/C19H23N2O6.Y/c1-2-3-4-7-16(22)13-9-17(27-10-13)21-15(18(23)20-19(21)24)12-25-11-14-6-5-8-26-14;/h5-6,9-10,15-16,22H,2-4,7,11-12H2,1H3,(H,20,23,24);/q-1;. The van der Waals surface area contributed by atoms with Gasteiger partial charge in [-0.2, -0.15) is 6.07 Å². The van der Waals surface area contributed by atoms with Crippen LogP contribution in [0.5, 0.6) is 0 Å². The summed E-state index contributed by atoms with van der Waals surface area (Å²) in [7, 11) is 0. The molecule has 149 valence electrons. The monoisotopic (exact) mass is 464 g/mol. The quantitative estimate of drug-likeness (QED) is 0.318. The molecule has 3 amide bonds. The maximum absolute atomic E-state index is 12.2. The van der Waals surface area contributed by atoms with Crippen LogP contribution in [0, 0.1) is 6.26 Å². The van der Waals surface area contributed by atoms with Crippen LogP contribution >= 0.6 is 0 Å².